The van der Waals surface area contributed by atoms with Crippen molar-refractivity contribution in [2.75, 3.05) is 25.5 Å². The van der Waals surface area contributed by atoms with E-state index in [1.54, 1.807) is 6.07 Å². The van der Waals surface area contributed by atoms with Crippen molar-refractivity contribution in [2.24, 2.45) is 0 Å². The molecule has 8 heteroatoms. The van der Waals surface area contributed by atoms with E-state index in [1.165, 1.54) is 23.5 Å². The molecule has 31 heavy (non-hydrogen) atoms. The van der Waals surface area contributed by atoms with Gasteiger partial charge in [0.05, 0.1) is 17.7 Å². The first kappa shape index (κ1) is 23.1. The third-order valence-corrected chi connectivity index (χ3v) is 7.30. The SMILES string of the molecule is CCC(Oc1ccccc1C)C(=O)Nc1cc(S(=O)(=O)N2CCCCC2)ccc1OC. The van der Waals surface area contributed by atoms with Gasteiger partial charge in [0.1, 0.15) is 11.5 Å². The molecule has 0 radical (unpaired) electrons. The fourth-order valence-electron chi connectivity index (χ4n) is 3.58. The highest BCUT2D eigenvalue weighted by Crippen LogP contribution is 2.30. The number of piperidine rings is 1. The summed E-state index contributed by atoms with van der Waals surface area (Å²) in [6, 6.07) is 12.0. The molecule has 1 aliphatic rings. The Bertz CT molecular complexity index is 1020. The minimum atomic E-state index is -3.63. The summed E-state index contributed by atoms with van der Waals surface area (Å²) < 4.78 is 38.8. The highest BCUT2D eigenvalue weighted by molar-refractivity contribution is 7.89. The van der Waals surface area contributed by atoms with Gasteiger partial charge < -0.3 is 14.8 Å². The van der Waals surface area contributed by atoms with Crippen molar-refractivity contribution >= 4 is 21.6 Å². The Morgan fingerprint density at radius 1 is 1.10 bits per heavy atom. The van der Waals surface area contributed by atoms with E-state index in [4.69, 9.17) is 9.47 Å². The molecule has 2 aromatic carbocycles. The summed E-state index contributed by atoms with van der Waals surface area (Å²) in [5.74, 6) is 0.658. The molecule has 1 unspecified atom stereocenters. The van der Waals surface area contributed by atoms with E-state index >= 15 is 0 Å². The van der Waals surface area contributed by atoms with E-state index in [-0.39, 0.29) is 10.8 Å². The summed E-state index contributed by atoms with van der Waals surface area (Å²) in [5.41, 5.74) is 1.23. The van der Waals surface area contributed by atoms with Gasteiger partial charge in [-0.15, -0.1) is 0 Å². The number of hydrogen-bond donors (Lipinski definition) is 1. The van der Waals surface area contributed by atoms with Crippen molar-refractivity contribution in [3.05, 3.63) is 48.0 Å². The Balaban J connectivity index is 1.83. The van der Waals surface area contributed by atoms with Gasteiger partial charge in [0.25, 0.3) is 5.91 Å². The van der Waals surface area contributed by atoms with Crippen LogP contribution in [0.2, 0.25) is 0 Å². The van der Waals surface area contributed by atoms with Gasteiger partial charge in [0.2, 0.25) is 10.0 Å². The minimum Gasteiger partial charge on any atom is -0.495 e. The molecular weight excluding hydrogens is 416 g/mol. The normalized spacial score (nSPS) is 15.8. The van der Waals surface area contributed by atoms with Crippen molar-refractivity contribution in [1.82, 2.24) is 4.31 Å². The first-order valence-corrected chi connectivity index (χ1v) is 12.0. The van der Waals surface area contributed by atoms with Crippen molar-refractivity contribution in [2.45, 2.75) is 50.5 Å². The standard InChI is InChI=1S/C23H30N2O5S/c1-4-20(30-21-11-7-6-10-17(21)2)23(26)24-19-16-18(12-13-22(19)29-3)31(27,28)25-14-8-5-9-15-25/h6-7,10-13,16,20H,4-5,8-9,14-15H2,1-3H3,(H,24,26). The molecule has 0 saturated carbocycles. The van der Waals surface area contributed by atoms with E-state index in [1.807, 2.05) is 38.1 Å². The Hall–Kier alpha value is -2.58. The van der Waals surface area contributed by atoms with Crippen molar-refractivity contribution in [3.8, 4) is 11.5 Å². The van der Waals surface area contributed by atoms with E-state index < -0.39 is 16.1 Å². The predicted molar refractivity (Wildman–Crippen MR) is 120 cm³/mol. The summed E-state index contributed by atoms with van der Waals surface area (Å²) in [6.07, 6.45) is 2.47. The van der Waals surface area contributed by atoms with Crippen LogP contribution in [0, 0.1) is 6.92 Å². The van der Waals surface area contributed by atoms with Crippen LogP contribution >= 0.6 is 0 Å². The fraction of sp³-hybridized carbons (Fsp3) is 0.435. The maximum Gasteiger partial charge on any atom is 0.265 e. The first-order valence-electron chi connectivity index (χ1n) is 10.6. The third-order valence-electron chi connectivity index (χ3n) is 5.41. The van der Waals surface area contributed by atoms with Gasteiger partial charge in [-0.3, -0.25) is 4.79 Å². The van der Waals surface area contributed by atoms with Gasteiger partial charge in [-0.05, 0) is 56.0 Å². The van der Waals surface area contributed by atoms with Gasteiger partial charge in [0, 0.05) is 13.1 Å². The molecule has 7 nitrogen and oxygen atoms in total. The predicted octanol–water partition coefficient (Wildman–Crippen LogP) is 3.97. The molecule has 168 valence electrons. The van der Waals surface area contributed by atoms with Crippen LogP contribution in [0.5, 0.6) is 11.5 Å². The number of rotatable bonds is 8. The number of carbonyl (C=O) groups excluding carboxylic acids is 1. The number of amides is 1. The molecular formula is C23H30N2O5S. The van der Waals surface area contributed by atoms with Crippen LogP contribution in [0.15, 0.2) is 47.4 Å². The molecule has 1 heterocycles. The second-order valence-electron chi connectivity index (χ2n) is 7.60. The summed E-state index contributed by atoms with van der Waals surface area (Å²) in [4.78, 5) is 13.1. The largest absolute Gasteiger partial charge is 0.495 e. The van der Waals surface area contributed by atoms with E-state index in [9.17, 15) is 13.2 Å². The molecule has 1 aliphatic heterocycles. The average molecular weight is 447 g/mol. The lowest BCUT2D eigenvalue weighted by Gasteiger charge is -2.26. The zero-order chi connectivity index (χ0) is 22.4. The highest BCUT2D eigenvalue weighted by atomic mass is 32.2. The number of benzene rings is 2. The fourth-order valence-corrected chi connectivity index (χ4v) is 5.12. The zero-order valence-corrected chi connectivity index (χ0v) is 19.1. The number of sulfonamides is 1. The highest BCUT2D eigenvalue weighted by Gasteiger charge is 2.27. The van der Waals surface area contributed by atoms with Gasteiger partial charge in [-0.2, -0.15) is 4.31 Å². The number of aryl methyl sites for hydroxylation is 1. The summed E-state index contributed by atoms with van der Waals surface area (Å²) in [7, 11) is -2.15. The van der Waals surface area contributed by atoms with Gasteiger partial charge >= 0.3 is 0 Å². The number of anilines is 1. The van der Waals surface area contributed by atoms with Crippen molar-refractivity contribution in [1.29, 1.82) is 0 Å². The van der Waals surface area contributed by atoms with E-state index in [0.717, 1.165) is 24.8 Å². The second-order valence-corrected chi connectivity index (χ2v) is 9.53. The number of carbonyl (C=O) groups is 1. The molecule has 3 rings (SSSR count). The molecule has 0 aliphatic carbocycles. The van der Waals surface area contributed by atoms with Gasteiger partial charge in [-0.25, -0.2) is 8.42 Å². The Labute approximate surface area is 184 Å². The lowest BCUT2D eigenvalue weighted by Crippen LogP contribution is -2.35. The minimum absolute atomic E-state index is 0.137. The van der Waals surface area contributed by atoms with Gasteiger partial charge in [-0.1, -0.05) is 31.5 Å². The monoisotopic (exact) mass is 446 g/mol. The number of para-hydroxylation sites is 1. The van der Waals surface area contributed by atoms with Crippen LogP contribution in [-0.4, -0.2) is 44.9 Å². The Kier molecular flexibility index (Phi) is 7.56. The topological polar surface area (TPSA) is 84.9 Å². The maximum absolute atomic E-state index is 13.0. The van der Waals surface area contributed by atoms with Crippen LogP contribution in [0.1, 0.15) is 38.2 Å². The van der Waals surface area contributed by atoms with Gasteiger partial charge in [0.15, 0.2) is 6.10 Å². The van der Waals surface area contributed by atoms with E-state index in [0.29, 0.717) is 36.7 Å². The van der Waals surface area contributed by atoms with Crippen LogP contribution in [0.4, 0.5) is 5.69 Å². The van der Waals surface area contributed by atoms with Crippen LogP contribution < -0.4 is 14.8 Å². The average Bonchev–Trinajstić information content (AvgIpc) is 2.79. The number of methoxy groups -OCH3 is 1. The second kappa shape index (κ2) is 10.2. The Morgan fingerprint density at radius 2 is 1.81 bits per heavy atom. The van der Waals surface area contributed by atoms with Crippen LogP contribution in [-0.2, 0) is 14.8 Å². The number of hydrogen-bond acceptors (Lipinski definition) is 5. The van der Waals surface area contributed by atoms with Crippen LogP contribution in [0.3, 0.4) is 0 Å². The molecule has 1 atom stereocenters. The summed E-state index contributed by atoms with van der Waals surface area (Å²) in [5, 5.41) is 2.80. The molecule has 0 bridgehead atoms. The molecule has 1 N–H and O–H groups in total. The molecule has 0 spiro atoms. The summed E-state index contributed by atoms with van der Waals surface area (Å²) in [6.45, 7) is 4.80. The van der Waals surface area contributed by atoms with Crippen molar-refractivity contribution in [3.63, 3.8) is 0 Å². The quantitative estimate of drug-likeness (QED) is 0.663. The lowest BCUT2D eigenvalue weighted by molar-refractivity contribution is -0.122. The number of ether oxygens (including phenoxy) is 2. The Morgan fingerprint density at radius 3 is 2.45 bits per heavy atom. The third kappa shape index (κ3) is 5.37. The summed E-state index contributed by atoms with van der Waals surface area (Å²) >= 11 is 0. The number of nitrogens with one attached hydrogen (secondary N) is 1. The smallest absolute Gasteiger partial charge is 0.265 e. The van der Waals surface area contributed by atoms with Crippen LogP contribution in [0.25, 0.3) is 0 Å². The number of nitrogens with zero attached hydrogens (tertiary/aromatic N) is 1. The first-order chi connectivity index (χ1) is 14.9. The van der Waals surface area contributed by atoms with Crippen molar-refractivity contribution < 1.29 is 22.7 Å². The maximum atomic E-state index is 13.0. The lowest BCUT2D eigenvalue weighted by atomic mass is 10.2. The molecule has 1 amide bonds. The zero-order valence-electron chi connectivity index (χ0n) is 18.3. The molecule has 2 aromatic rings. The molecule has 1 fully saturated rings. The molecule has 0 aromatic heterocycles. The van der Waals surface area contributed by atoms with E-state index in [2.05, 4.69) is 5.32 Å². The molecule has 1 saturated heterocycles.